The highest BCUT2D eigenvalue weighted by Crippen LogP contribution is 2.35. The first-order valence-electron chi connectivity index (χ1n) is 6.06. The third kappa shape index (κ3) is 1.87. The van der Waals surface area contributed by atoms with Gasteiger partial charge >= 0.3 is 0 Å². The number of nitrogens with one attached hydrogen (secondary N) is 1. The zero-order chi connectivity index (χ0) is 12.8. The molecule has 0 spiro atoms. The quantitative estimate of drug-likeness (QED) is 0.912. The molecule has 1 aliphatic heterocycles. The molecule has 1 aromatic carbocycles. The smallest absolute Gasteiger partial charge is 0.200 e. The Morgan fingerprint density at radius 3 is 2.78 bits per heavy atom. The van der Waals surface area contributed by atoms with Crippen LogP contribution in [0.2, 0.25) is 0 Å². The number of benzene rings is 1. The van der Waals surface area contributed by atoms with Gasteiger partial charge in [-0.05, 0) is 30.5 Å². The largest absolute Gasteiger partial charge is 0.310 e. The highest BCUT2D eigenvalue weighted by Gasteiger charge is 2.29. The van der Waals surface area contributed by atoms with E-state index in [1.54, 1.807) is 0 Å². The minimum Gasteiger partial charge on any atom is -0.310 e. The van der Waals surface area contributed by atoms with E-state index in [-0.39, 0.29) is 10.5 Å². The summed E-state index contributed by atoms with van der Waals surface area (Å²) in [6.07, 6.45) is 3.44. The van der Waals surface area contributed by atoms with Gasteiger partial charge in [0.05, 0.1) is 4.90 Å². The summed E-state index contributed by atoms with van der Waals surface area (Å²) >= 11 is 0. The van der Waals surface area contributed by atoms with Crippen molar-refractivity contribution in [1.29, 1.82) is 0 Å². The maximum atomic E-state index is 13.8. The third-order valence-corrected chi connectivity index (χ3v) is 5.13. The van der Waals surface area contributed by atoms with E-state index in [1.165, 1.54) is 30.0 Å². The second kappa shape index (κ2) is 4.17. The molecule has 18 heavy (non-hydrogen) atoms. The molecule has 0 aromatic heterocycles. The minimum atomic E-state index is -3.46. The van der Waals surface area contributed by atoms with E-state index in [1.807, 2.05) is 0 Å². The summed E-state index contributed by atoms with van der Waals surface area (Å²) in [7, 11) is -3.46. The van der Waals surface area contributed by atoms with Gasteiger partial charge in [-0.1, -0.05) is 12.5 Å². The maximum Gasteiger partial charge on any atom is 0.200 e. The molecule has 1 fully saturated rings. The molecule has 0 saturated heterocycles. The van der Waals surface area contributed by atoms with Crippen molar-refractivity contribution < 1.29 is 12.8 Å². The van der Waals surface area contributed by atoms with Crippen molar-refractivity contribution in [1.82, 2.24) is 5.32 Å². The highest BCUT2D eigenvalue weighted by molar-refractivity contribution is 7.95. The fourth-order valence-corrected chi connectivity index (χ4v) is 3.84. The lowest BCUT2D eigenvalue weighted by molar-refractivity contribution is 0.353. The van der Waals surface area contributed by atoms with Crippen molar-refractivity contribution in [2.75, 3.05) is 6.54 Å². The van der Waals surface area contributed by atoms with E-state index < -0.39 is 15.7 Å². The van der Waals surface area contributed by atoms with Crippen LogP contribution in [0.3, 0.4) is 0 Å². The number of fused-ring (bicyclic) bond motifs is 1. The van der Waals surface area contributed by atoms with Crippen LogP contribution in [0, 0.1) is 5.82 Å². The third-order valence-electron chi connectivity index (χ3n) is 3.59. The summed E-state index contributed by atoms with van der Waals surface area (Å²) < 4.78 is 37.5. The van der Waals surface area contributed by atoms with E-state index in [0.29, 0.717) is 18.2 Å². The van der Waals surface area contributed by atoms with E-state index in [0.717, 1.165) is 12.8 Å². The summed E-state index contributed by atoms with van der Waals surface area (Å²) in [6.45, 7) is 0.415. The standard InChI is InChI=1S/C13H14FNO2S/c14-11-5-2-6-12-13(11)9(8-18(12,16)17)7-15-10-3-1-4-10/h2,5-6,8,10,15H,1,3-4,7H2. The fourth-order valence-electron chi connectivity index (χ4n) is 2.36. The minimum absolute atomic E-state index is 0.0907. The first kappa shape index (κ1) is 11.9. The predicted molar refractivity (Wildman–Crippen MR) is 67.2 cm³/mol. The Morgan fingerprint density at radius 2 is 2.11 bits per heavy atom. The number of rotatable bonds is 3. The van der Waals surface area contributed by atoms with Crippen molar-refractivity contribution in [3.8, 4) is 0 Å². The highest BCUT2D eigenvalue weighted by atomic mass is 32.2. The summed E-state index contributed by atoms with van der Waals surface area (Å²) in [4.78, 5) is 0.0907. The summed E-state index contributed by atoms with van der Waals surface area (Å²) in [5.41, 5.74) is 0.777. The van der Waals surface area contributed by atoms with Crippen LogP contribution >= 0.6 is 0 Å². The fraction of sp³-hybridized carbons (Fsp3) is 0.385. The lowest BCUT2D eigenvalue weighted by Crippen LogP contribution is -2.35. The average Bonchev–Trinajstić information content (AvgIpc) is 2.50. The topological polar surface area (TPSA) is 46.2 Å². The molecule has 0 radical (unpaired) electrons. The van der Waals surface area contributed by atoms with Crippen molar-refractivity contribution in [3.05, 3.63) is 35.0 Å². The molecule has 1 saturated carbocycles. The molecule has 0 atom stereocenters. The van der Waals surface area contributed by atoms with Crippen LogP contribution in [0.4, 0.5) is 4.39 Å². The van der Waals surface area contributed by atoms with E-state index in [4.69, 9.17) is 0 Å². The lowest BCUT2D eigenvalue weighted by atomic mass is 9.93. The monoisotopic (exact) mass is 267 g/mol. The van der Waals surface area contributed by atoms with Crippen LogP contribution in [-0.4, -0.2) is 21.0 Å². The van der Waals surface area contributed by atoms with Crippen molar-refractivity contribution in [3.63, 3.8) is 0 Å². The zero-order valence-corrected chi connectivity index (χ0v) is 10.6. The van der Waals surface area contributed by atoms with Gasteiger partial charge in [-0.3, -0.25) is 0 Å². The van der Waals surface area contributed by atoms with E-state index in [2.05, 4.69) is 5.32 Å². The second-order valence-electron chi connectivity index (χ2n) is 4.81. The first-order chi connectivity index (χ1) is 8.58. The molecule has 3 nitrogen and oxygen atoms in total. The van der Waals surface area contributed by atoms with Crippen LogP contribution in [0.25, 0.3) is 5.57 Å². The van der Waals surface area contributed by atoms with E-state index >= 15 is 0 Å². The SMILES string of the molecule is O=S1(=O)C=C(CNC2CCC2)c2c(F)cccc21. The molecule has 96 valence electrons. The molecular weight excluding hydrogens is 253 g/mol. The van der Waals surface area contributed by atoms with Crippen molar-refractivity contribution >= 4 is 15.4 Å². The molecule has 1 N–H and O–H groups in total. The Labute approximate surface area is 106 Å². The van der Waals surface area contributed by atoms with Gasteiger partial charge in [0.15, 0.2) is 0 Å². The summed E-state index contributed by atoms with van der Waals surface area (Å²) in [5.74, 6) is -0.463. The second-order valence-corrected chi connectivity index (χ2v) is 6.58. The van der Waals surface area contributed by atoms with Crippen molar-refractivity contribution in [2.45, 2.75) is 30.2 Å². The molecule has 5 heteroatoms. The van der Waals surface area contributed by atoms with Gasteiger partial charge in [0, 0.05) is 23.6 Å². The Kier molecular flexibility index (Phi) is 2.75. The van der Waals surface area contributed by atoms with Crippen LogP contribution in [0.1, 0.15) is 24.8 Å². The predicted octanol–water partition coefficient (Wildman–Crippen LogP) is 2.10. The van der Waals surface area contributed by atoms with Gasteiger partial charge < -0.3 is 5.32 Å². The van der Waals surface area contributed by atoms with E-state index in [9.17, 15) is 12.8 Å². The van der Waals surface area contributed by atoms with Crippen LogP contribution < -0.4 is 5.32 Å². The number of halogens is 1. The zero-order valence-electron chi connectivity index (χ0n) is 9.82. The van der Waals surface area contributed by atoms with Crippen molar-refractivity contribution in [2.24, 2.45) is 0 Å². The molecule has 0 bridgehead atoms. The van der Waals surface area contributed by atoms with Gasteiger partial charge in [-0.25, -0.2) is 12.8 Å². The summed E-state index contributed by atoms with van der Waals surface area (Å²) in [6, 6.07) is 4.64. The molecule has 1 aliphatic carbocycles. The molecular formula is C13H14FNO2S. The molecule has 2 aliphatic rings. The molecule has 3 rings (SSSR count). The van der Waals surface area contributed by atoms with Crippen LogP contribution in [0.15, 0.2) is 28.5 Å². The number of hydrogen-bond acceptors (Lipinski definition) is 3. The normalized spacial score (nSPS) is 21.3. The average molecular weight is 267 g/mol. The Hall–Kier alpha value is -1.20. The molecule has 0 unspecified atom stereocenters. The van der Waals surface area contributed by atoms with Gasteiger partial charge in [0.25, 0.3) is 0 Å². The van der Waals surface area contributed by atoms with Gasteiger partial charge in [-0.2, -0.15) is 0 Å². The first-order valence-corrected chi connectivity index (χ1v) is 7.60. The van der Waals surface area contributed by atoms with Gasteiger partial charge in [0.2, 0.25) is 9.84 Å². The lowest BCUT2D eigenvalue weighted by Gasteiger charge is -2.26. The van der Waals surface area contributed by atoms with Gasteiger partial charge in [0.1, 0.15) is 5.82 Å². The van der Waals surface area contributed by atoms with Gasteiger partial charge in [-0.15, -0.1) is 0 Å². The molecule has 1 aromatic rings. The number of sulfone groups is 1. The summed E-state index contributed by atoms with van der Waals surface area (Å²) in [5, 5.41) is 4.45. The Morgan fingerprint density at radius 1 is 1.33 bits per heavy atom. The Balaban J connectivity index is 1.92. The maximum absolute atomic E-state index is 13.8. The molecule has 1 heterocycles. The Bertz CT molecular complexity index is 618. The molecule has 0 amide bonds. The van der Waals surface area contributed by atoms with Crippen LogP contribution in [0.5, 0.6) is 0 Å². The van der Waals surface area contributed by atoms with Crippen LogP contribution in [-0.2, 0) is 9.84 Å². The number of hydrogen-bond donors (Lipinski definition) is 1.